The van der Waals surface area contributed by atoms with Gasteiger partial charge in [-0.2, -0.15) is 0 Å². The number of carbonyl (C=O) groups excluding carboxylic acids is 2. The monoisotopic (exact) mass is 750 g/mol. The van der Waals surface area contributed by atoms with Crippen molar-refractivity contribution in [3.05, 3.63) is 12.2 Å². The van der Waals surface area contributed by atoms with Crippen LogP contribution in [0.1, 0.15) is 252 Å². The van der Waals surface area contributed by atoms with Crippen LogP contribution in [-0.4, -0.2) is 46.9 Å². The number of ether oxygens (including phenoxy) is 1. The van der Waals surface area contributed by atoms with Crippen LogP contribution in [0.2, 0.25) is 0 Å². The molecule has 0 fully saturated rings. The van der Waals surface area contributed by atoms with Crippen molar-refractivity contribution in [2.75, 3.05) is 6.61 Å². The van der Waals surface area contributed by atoms with Gasteiger partial charge in [-0.1, -0.05) is 206 Å². The van der Waals surface area contributed by atoms with Crippen LogP contribution in [0.4, 0.5) is 0 Å². The Bertz CT molecular complexity index is 802. The lowest BCUT2D eigenvalue weighted by Crippen LogP contribution is -2.46. The van der Waals surface area contributed by atoms with Gasteiger partial charge in [0.1, 0.15) is 6.10 Å². The van der Waals surface area contributed by atoms with Crippen molar-refractivity contribution in [2.24, 2.45) is 0 Å². The number of allylic oxidation sites excluding steroid dienone is 2. The maximum atomic E-state index is 13.1. The predicted molar refractivity (Wildman–Crippen MR) is 227 cm³/mol. The first-order valence-electron chi connectivity index (χ1n) is 23.4. The summed E-state index contributed by atoms with van der Waals surface area (Å²) in [6.07, 6.45) is 44.1. The quantitative estimate of drug-likeness (QED) is 0.0328. The van der Waals surface area contributed by atoms with Crippen LogP contribution in [0, 0.1) is 0 Å². The second-order valence-electron chi connectivity index (χ2n) is 16.2. The Morgan fingerprint density at radius 1 is 0.528 bits per heavy atom. The number of unbranched alkanes of at least 4 members (excludes halogenated alkanes) is 28. The first kappa shape index (κ1) is 51.6. The smallest absolute Gasteiger partial charge is 0.306 e. The molecule has 3 unspecified atom stereocenters. The minimum atomic E-state index is -0.781. The Hall–Kier alpha value is -1.40. The minimum absolute atomic E-state index is 0.0806. The van der Waals surface area contributed by atoms with Crippen molar-refractivity contribution >= 4 is 11.9 Å². The molecule has 0 aromatic heterocycles. The molecule has 0 saturated carbocycles. The molecule has 0 spiro atoms. The van der Waals surface area contributed by atoms with Gasteiger partial charge in [-0.25, -0.2) is 0 Å². The summed E-state index contributed by atoms with van der Waals surface area (Å²) >= 11 is 0. The van der Waals surface area contributed by atoms with E-state index in [-0.39, 0.29) is 24.9 Å². The first-order valence-corrected chi connectivity index (χ1v) is 23.4. The van der Waals surface area contributed by atoms with Gasteiger partial charge in [-0.05, 0) is 44.9 Å². The third-order valence-electron chi connectivity index (χ3n) is 10.8. The van der Waals surface area contributed by atoms with Gasteiger partial charge in [-0.15, -0.1) is 0 Å². The third kappa shape index (κ3) is 37.3. The normalized spacial score (nSPS) is 13.4. The van der Waals surface area contributed by atoms with Crippen LogP contribution in [0.25, 0.3) is 0 Å². The standard InChI is InChI=1S/C47H91NO5/c1-4-7-10-13-16-19-22-25-26-29-32-35-38-43(53-47(52)40-37-34-31-28-24-21-18-15-12-9-6-3)41-46(51)48-44(42-49)45(50)39-36-33-30-27-23-20-17-14-11-8-5-2/h15,18,43-45,49-50H,4-14,16-17,19-42H2,1-3H3,(H,48,51)/b18-15-. The zero-order chi connectivity index (χ0) is 38.9. The maximum absolute atomic E-state index is 13.1. The molecule has 0 aliphatic carbocycles. The second-order valence-corrected chi connectivity index (χ2v) is 16.2. The van der Waals surface area contributed by atoms with Gasteiger partial charge < -0.3 is 20.3 Å². The fourth-order valence-corrected chi connectivity index (χ4v) is 7.23. The molecular formula is C47H91NO5. The molecule has 0 aromatic carbocycles. The highest BCUT2D eigenvalue weighted by Crippen LogP contribution is 2.18. The van der Waals surface area contributed by atoms with E-state index in [1.54, 1.807) is 0 Å². The van der Waals surface area contributed by atoms with Gasteiger partial charge in [-0.3, -0.25) is 9.59 Å². The fourth-order valence-electron chi connectivity index (χ4n) is 7.23. The lowest BCUT2D eigenvalue weighted by atomic mass is 10.0. The first-order chi connectivity index (χ1) is 26.0. The van der Waals surface area contributed by atoms with Crippen molar-refractivity contribution in [1.29, 1.82) is 0 Å². The molecule has 314 valence electrons. The number of amides is 1. The summed E-state index contributed by atoms with van der Waals surface area (Å²) in [4.78, 5) is 26.0. The number of carbonyl (C=O) groups is 2. The van der Waals surface area contributed by atoms with Gasteiger partial charge in [0.15, 0.2) is 0 Å². The number of rotatable bonds is 42. The van der Waals surface area contributed by atoms with E-state index < -0.39 is 18.2 Å². The van der Waals surface area contributed by atoms with E-state index in [1.165, 1.54) is 154 Å². The Balaban J connectivity index is 4.57. The summed E-state index contributed by atoms with van der Waals surface area (Å²) in [5.74, 6) is -0.474. The summed E-state index contributed by atoms with van der Waals surface area (Å²) < 4.78 is 5.90. The molecule has 3 atom stereocenters. The van der Waals surface area contributed by atoms with E-state index in [4.69, 9.17) is 4.74 Å². The molecule has 6 heteroatoms. The second kappa shape index (κ2) is 41.8. The minimum Gasteiger partial charge on any atom is -0.462 e. The lowest BCUT2D eigenvalue weighted by Gasteiger charge is -2.24. The maximum Gasteiger partial charge on any atom is 0.306 e. The summed E-state index contributed by atoms with van der Waals surface area (Å²) in [5, 5.41) is 23.6. The molecule has 0 aromatic rings. The van der Waals surface area contributed by atoms with Crippen LogP contribution in [0.5, 0.6) is 0 Å². The van der Waals surface area contributed by atoms with Crippen LogP contribution in [0.15, 0.2) is 12.2 Å². The highest BCUT2D eigenvalue weighted by Gasteiger charge is 2.24. The Morgan fingerprint density at radius 2 is 0.925 bits per heavy atom. The van der Waals surface area contributed by atoms with E-state index in [2.05, 4.69) is 38.2 Å². The highest BCUT2D eigenvalue weighted by molar-refractivity contribution is 5.77. The number of aliphatic hydroxyl groups is 2. The Morgan fingerprint density at radius 3 is 1.40 bits per heavy atom. The summed E-state index contributed by atoms with van der Waals surface area (Å²) in [6, 6.07) is -0.694. The topological polar surface area (TPSA) is 95.9 Å². The molecule has 0 bridgehead atoms. The SMILES string of the molecule is CCCC/C=C\CCCCCCCC(=O)OC(CCCCCCCCCCCCCC)CC(=O)NC(CO)C(O)CCCCCCCCCCCCC. The third-order valence-corrected chi connectivity index (χ3v) is 10.8. The Kier molecular flexibility index (Phi) is 40.7. The van der Waals surface area contributed by atoms with Crippen molar-refractivity contribution in [3.63, 3.8) is 0 Å². The number of aliphatic hydroxyl groups excluding tert-OH is 2. The summed E-state index contributed by atoms with van der Waals surface area (Å²) in [7, 11) is 0. The average Bonchev–Trinajstić information content (AvgIpc) is 3.15. The van der Waals surface area contributed by atoms with Gasteiger partial charge in [0, 0.05) is 6.42 Å². The van der Waals surface area contributed by atoms with Crippen LogP contribution >= 0.6 is 0 Å². The van der Waals surface area contributed by atoms with E-state index in [0.29, 0.717) is 19.3 Å². The summed E-state index contributed by atoms with van der Waals surface area (Å²) in [6.45, 7) is 6.44. The number of nitrogens with one attached hydrogen (secondary N) is 1. The van der Waals surface area contributed by atoms with Crippen LogP contribution in [-0.2, 0) is 14.3 Å². The van der Waals surface area contributed by atoms with Gasteiger partial charge >= 0.3 is 5.97 Å². The van der Waals surface area contributed by atoms with Crippen molar-refractivity contribution in [1.82, 2.24) is 5.32 Å². The van der Waals surface area contributed by atoms with Crippen LogP contribution < -0.4 is 5.32 Å². The highest BCUT2D eigenvalue weighted by atomic mass is 16.5. The predicted octanol–water partition coefficient (Wildman–Crippen LogP) is 13.4. The van der Waals surface area contributed by atoms with E-state index >= 15 is 0 Å². The molecule has 1 amide bonds. The molecule has 53 heavy (non-hydrogen) atoms. The van der Waals surface area contributed by atoms with Gasteiger partial charge in [0.05, 0.1) is 25.2 Å². The fraction of sp³-hybridized carbons (Fsp3) is 0.915. The number of esters is 1. The van der Waals surface area contributed by atoms with Crippen LogP contribution in [0.3, 0.4) is 0 Å². The molecule has 0 rings (SSSR count). The average molecular weight is 750 g/mol. The van der Waals surface area contributed by atoms with Gasteiger partial charge in [0.2, 0.25) is 5.91 Å². The van der Waals surface area contributed by atoms with E-state index in [1.807, 2.05) is 0 Å². The van der Waals surface area contributed by atoms with Crippen molar-refractivity contribution < 1.29 is 24.5 Å². The molecular weight excluding hydrogens is 659 g/mol. The molecule has 0 aliphatic rings. The molecule has 3 N–H and O–H groups in total. The Labute approximate surface area is 329 Å². The van der Waals surface area contributed by atoms with Gasteiger partial charge in [0.25, 0.3) is 0 Å². The molecule has 0 aliphatic heterocycles. The molecule has 0 saturated heterocycles. The molecule has 0 radical (unpaired) electrons. The largest absolute Gasteiger partial charge is 0.462 e. The summed E-state index contributed by atoms with van der Waals surface area (Å²) in [5.41, 5.74) is 0. The molecule has 6 nitrogen and oxygen atoms in total. The number of hydrogen-bond donors (Lipinski definition) is 3. The zero-order valence-corrected chi connectivity index (χ0v) is 35.7. The van der Waals surface area contributed by atoms with E-state index in [0.717, 1.165) is 51.4 Å². The molecule has 0 heterocycles. The number of hydrogen-bond acceptors (Lipinski definition) is 5. The van der Waals surface area contributed by atoms with Crippen molar-refractivity contribution in [3.8, 4) is 0 Å². The lowest BCUT2D eigenvalue weighted by molar-refractivity contribution is -0.151. The zero-order valence-electron chi connectivity index (χ0n) is 35.7. The van der Waals surface area contributed by atoms with E-state index in [9.17, 15) is 19.8 Å². The van der Waals surface area contributed by atoms with Crippen molar-refractivity contribution in [2.45, 2.75) is 270 Å².